The monoisotopic (exact) mass is 386 g/mol. The van der Waals surface area contributed by atoms with Gasteiger partial charge in [0, 0.05) is 12.3 Å². The maximum atomic E-state index is 12.4. The third-order valence-electron chi connectivity index (χ3n) is 4.26. The maximum absolute atomic E-state index is 12.4. The van der Waals surface area contributed by atoms with Gasteiger partial charge in [-0.3, -0.25) is 9.20 Å². The summed E-state index contributed by atoms with van der Waals surface area (Å²) in [5.74, 6) is 0.687. The first-order chi connectivity index (χ1) is 14.1. The van der Waals surface area contributed by atoms with E-state index in [1.807, 2.05) is 43.3 Å². The number of aromatic nitrogens is 2. The molecule has 0 fully saturated rings. The van der Waals surface area contributed by atoms with Crippen molar-refractivity contribution in [1.82, 2.24) is 9.38 Å². The van der Waals surface area contributed by atoms with Gasteiger partial charge in [-0.1, -0.05) is 30.3 Å². The Bertz CT molecular complexity index is 1230. The number of esters is 1. The molecule has 0 amide bonds. The zero-order valence-electron chi connectivity index (χ0n) is 15.7. The van der Waals surface area contributed by atoms with Gasteiger partial charge in [0.25, 0.3) is 5.56 Å². The molecule has 0 saturated carbocycles. The van der Waals surface area contributed by atoms with Gasteiger partial charge in [-0.05, 0) is 48.9 Å². The molecule has 0 N–H and O–H groups in total. The van der Waals surface area contributed by atoms with Crippen molar-refractivity contribution in [1.29, 1.82) is 0 Å². The van der Waals surface area contributed by atoms with Crippen LogP contribution >= 0.6 is 0 Å². The van der Waals surface area contributed by atoms with Gasteiger partial charge in [-0.25, -0.2) is 9.78 Å². The number of fused-ring (bicyclic) bond motifs is 1. The number of hydrogen-bond donors (Lipinski definition) is 0. The molecule has 6 nitrogen and oxygen atoms in total. The van der Waals surface area contributed by atoms with Crippen LogP contribution in [0, 0.1) is 6.92 Å². The lowest BCUT2D eigenvalue weighted by molar-refractivity contribution is 0.0467. The van der Waals surface area contributed by atoms with Crippen molar-refractivity contribution in [3.05, 3.63) is 106 Å². The quantitative estimate of drug-likeness (QED) is 0.482. The molecular weight excluding hydrogens is 368 g/mol. The molecule has 4 rings (SSSR count). The molecule has 29 heavy (non-hydrogen) atoms. The van der Waals surface area contributed by atoms with Crippen LogP contribution in [-0.2, 0) is 11.3 Å². The van der Waals surface area contributed by atoms with E-state index in [0.717, 1.165) is 5.56 Å². The molecule has 0 saturated heterocycles. The smallest absolute Gasteiger partial charge is 0.338 e. The van der Waals surface area contributed by atoms with E-state index in [9.17, 15) is 9.59 Å². The topological polar surface area (TPSA) is 69.9 Å². The maximum Gasteiger partial charge on any atom is 0.338 e. The number of hydrogen-bond acceptors (Lipinski definition) is 5. The average Bonchev–Trinajstić information content (AvgIpc) is 2.73. The summed E-state index contributed by atoms with van der Waals surface area (Å²) in [5.41, 5.74) is 1.99. The third kappa shape index (κ3) is 4.32. The van der Waals surface area contributed by atoms with E-state index in [4.69, 9.17) is 9.47 Å². The molecule has 4 aromatic rings. The first kappa shape index (κ1) is 18.4. The fourth-order valence-corrected chi connectivity index (χ4v) is 2.87. The molecule has 6 heteroatoms. The van der Waals surface area contributed by atoms with Gasteiger partial charge in [-0.15, -0.1) is 0 Å². The number of nitrogens with zero attached hydrogens (tertiary/aromatic N) is 2. The van der Waals surface area contributed by atoms with E-state index in [1.165, 1.54) is 10.5 Å². The summed E-state index contributed by atoms with van der Waals surface area (Å²) in [5, 5.41) is 0. The van der Waals surface area contributed by atoms with Crippen molar-refractivity contribution in [2.75, 3.05) is 0 Å². The highest BCUT2D eigenvalue weighted by Gasteiger charge is 2.11. The molecule has 0 bridgehead atoms. The number of rotatable bonds is 5. The Labute approximate surface area is 167 Å². The Balaban J connectivity index is 1.47. The Hall–Kier alpha value is -3.93. The standard InChI is InChI=1S/C23H18N2O4/c1-16-10-11-21-24-18(13-22(26)25(21)14-16)15-28-23(27)17-6-5-9-20(12-17)29-19-7-3-2-4-8-19/h2-14H,15H2,1H3. The van der Waals surface area contributed by atoms with Crippen LogP contribution in [0.25, 0.3) is 5.65 Å². The van der Waals surface area contributed by atoms with Crippen molar-refractivity contribution >= 4 is 11.6 Å². The van der Waals surface area contributed by atoms with Crippen molar-refractivity contribution in [3.8, 4) is 11.5 Å². The van der Waals surface area contributed by atoms with Gasteiger partial charge >= 0.3 is 5.97 Å². The summed E-state index contributed by atoms with van der Waals surface area (Å²) in [6, 6.07) is 21.0. The number of ether oxygens (including phenoxy) is 2. The Morgan fingerprint density at radius 2 is 1.76 bits per heavy atom. The molecule has 0 aliphatic rings. The van der Waals surface area contributed by atoms with E-state index in [-0.39, 0.29) is 12.2 Å². The minimum Gasteiger partial charge on any atom is -0.457 e. The summed E-state index contributed by atoms with van der Waals surface area (Å²) in [6.45, 7) is 1.80. The molecule has 2 aromatic heterocycles. The van der Waals surface area contributed by atoms with Crippen LogP contribution in [-0.4, -0.2) is 15.4 Å². The number of para-hydroxylation sites is 1. The lowest BCUT2D eigenvalue weighted by atomic mass is 10.2. The second kappa shape index (κ2) is 7.98. The molecular formula is C23H18N2O4. The Morgan fingerprint density at radius 3 is 2.59 bits per heavy atom. The predicted octanol–water partition coefficient (Wildman–Crippen LogP) is 4.15. The number of carbonyl (C=O) groups is 1. The number of pyridine rings is 1. The van der Waals surface area contributed by atoms with E-state index in [1.54, 1.807) is 36.5 Å². The normalized spacial score (nSPS) is 10.7. The largest absolute Gasteiger partial charge is 0.457 e. The molecule has 2 aromatic carbocycles. The fraction of sp³-hybridized carbons (Fsp3) is 0.0870. The number of benzene rings is 2. The minimum atomic E-state index is -0.519. The lowest BCUT2D eigenvalue weighted by Crippen LogP contribution is -2.17. The molecule has 0 unspecified atom stereocenters. The zero-order chi connectivity index (χ0) is 20.2. The SMILES string of the molecule is Cc1ccc2nc(COC(=O)c3cccc(Oc4ccccc4)c3)cc(=O)n2c1. The van der Waals surface area contributed by atoms with Gasteiger partial charge in [-0.2, -0.15) is 0 Å². The van der Waals surface area contributed by atoms with Gasteiger partial charge in [0.1, 0.15) is 23.8 Å². The number of carbonyl (C=O) groups excluding carboxylic acids is 1. The first-order valence-electron chi connectivity index (χ1n) is 9.07. The van der Waals surface area contributed by atoms with E-state index >= 15 is 0 Å². The van der Waals surface area contributed by atoms with E-state index in [0.29, 0.717) is 28.4 Å². The molecule has 2 heterocycles. The van der Waals surface area contributed by atoms with Gasteiger partial charge < -0.3 is 9.47 Å². The van der Waals surface area contributed by atoms with E-state index < -0.39 is 5.97 Å². The summed E-state index contributed by atoms with van der Waals surface area (Å²) < 4.78 is 12.5. The lowest BCUT2D eigenvalue weighted by Gasteiger charge is -2.08. The van der Waals surface area contributed by atoms with Crippen LogP contribution < -0.4 is 10.3 Å². The highest BCUT2D eigenvalue weighted by atomic mass is 16.5. The van der Waals surface area contributed by atoms with Crippen LogP contribution in [0.5, 0.6) is 11.5 Å². The van der Waals surface area contributed by atoms with E-state index in [2.05, 4.69) is 4.98 Å². The summed E-state index contributed by atoms with van der Waals surface area (Å²) in [4.78, 5) is 29.1. The number of aryl methyl sites for hydroxylation is 1. The average molecular weight is 386 g/mol. The van der Waals surface area contributed by atoms with Crippen molar-refractivity contribution in [2.45, 2.75) is 13.5 Å². The highest BCUT2D eigenvalue weighted by molar-refractivity contribution is 5.89. The summed E-state index contributed by atoms with van der Waals surface area (Å²) in [6.07, 6.45) is 1.72. The van der Waals surface area contributed by atoms with Crippen LogP contribution in [0.1, 0.15) is 21.6 Å². The molecule has 0 radical (unpaired) electrons. The zero-order valence-corrected chi connectivity index (χ0v) is 15.7. The van der Waals surface area contributed by atoms with Gasteiger partial charge in [0.05, 0.1) is 11.3 Å². The van der Waals surface area contributed by atoms with Crippen molar-refractivity contribution < 1.29 is 14.3 Å². The Kier molecular flexibility index (Phi) is 5.07. The third-order valence-corrected chi connectivity index (χ3v) is 4.26. The summed E-state index contributed by atoms with van der Waals surface area (Å²) in [7, 11) is 0. The fourth-order valence-electron chi connectivity index (χ4n) is 2.87. The summed E-state index contributed by atoms with van der Waals surface area (Å²) >= 11 is 0. The van der Waals surface area contributed by atoms with Crippen LogP contribution in [0.4, 0.5) is 0 Å². The molecule has 0 aliphatic carbocycles. The second-order valence-electron chi connectivity index (χ2n) is 6.54. The van der Waals surface area contributed by atoms with Crippen LogP contribution in [0.15, 0.2) is 83.8 Å². The van der Waals surface area contributed by atoms with Crippen LogP contribution in [0.2, 0.25) is 0 Å². The van der Waals surface area contributed by atoms with Crippen LogP contribution in [0.3, 0.4) is 0 Å². The molecule has 0 atom stereocenters. The molecule has 0 spiro atoms. The molecule has 0 aliphatic heterocycles. The van der Waals surface area contributed by atoms with Gasteiger partial charge in [0.2, 0.25) is 0 Å². The minimum absolute atomic E-state index is 0.0950. The van der Waals surface area contributed by atoms with Crippen molar-refractivity contribution in [3.63, 3.8) is 0 Å². The van der Waals surface area contributed by atoms with Crippen molar-refractivity contribution in [2.24, 2.45) is 0 Å². The highest BCUT2D eigenvalue weighted by Crippen LogP contribution is 2.22. The Morgan fingerprint density at radius 1 is 0.966 bits per heavy atom. The van der Waals surface area contributed by atoms with Gasteiger partial charge in [0.15, 0.2) is 0 Å². The first-order valence-corrected chi connectivity index (χ1v) is 9.07. The predicted molar refractivity (Wildman–Crippen MR) is 108 cm³/mol. The second-order valence-corrected chi connectivity index (χ2v) is 6.54. The molecule has 144 valence electrons.